The van der Waals surface area contributed by atoms with Crippen LogP contribution in [-0.4, -0.2) is 29.1 Å². The highest BCUT2D eigenvalue weighted by Crippen LogP contribution is 2.34. The molecule has 166 valence electrons. The Kier molecular flexibility index (Phi) is 6.43. The number of para-hydroxylation sites is 1. The summed E-state index contributed by atoms with van der Waals surface area (Å²) in [7, 11) is 1.42. The molecule has 0 unspecified atom stereocenters. The molecular formula is C24H17BrN2O5S. The summed E-state index contributed by atoms with van der Waals surface area (Å²) in [5.41, 5.74) is 0.748. The third-order valence-electron chi connectivity index (χ3n) is 4.77. The van der Waals surface area contributed by atoms with Crippen LogP contribution in [0.2, 0.25) is 0 Å². The molecule has 0 aliphatic carbocycles. The Morgan fingerprint density at radius 1 is 1.03 bits per heavy atom. The zero-order valence-corrected chi connectivity index (χ0v) is 19.6. The second-order valence-corrected chi connectivity index (χ2v) is 8.15. The predicted octanol–water partition coefficient (Wildman–Crippen LogP) is 4.79. The number of amides is 2. The first-order valence-corrected chi connectivity index (χ1v) is 10.9. The number of carbonyl (C=O) groups excluding carboxylic acids is 2. The van der Waals surface area contributed by atoms with Gasteiger partial charge in [-0.1, -0.05) is 34.1 Å². The standard InChI is InChI=1S/C24H17BrN2O5S/c1-31-21-13-19(25)14(12-20(21)28)11-18-22(29)26-24(33)27(23(18)30)15-7-9-17(10-8-15)32-16-5-3-2-4-6-16/h2-13,28H,1H3,(H,26,29,33)/b18-11+. The van der Waals surface area contributed by atoms with Crippen molar-refractivity contribution in [1.82, 2.24) is 5.32 Å². The molecule has 9 heteroatoms. The van der Waals surface area contributed by atoms with Crippen LogP contribution < -0.4 is 19.7 Å². The fourth-order valence-corrected chi connectivity index (χ4v) is 3.89. The number of anilines is 1. The van der Waals surface area contributed by atoms with E-state index >= 15 is 0 Å². The van der Waals surface area contributed by atoms with E-state index in [9.17, 15) is 14.7 Å². The van der Waals surface area contributed by atoms with Crippen molar-refractivity contribution in [1.29, 1.82) is 0 Å². The van der Waals surface area contributed by atoms with Crippen LogP contribution in [0, 0.1) is 0 Å². The van der Waals surface area contributed by atoms with E-state index in [1.165, 1.54) is 24.2 Å². The Morgan fingerprint density at radius 3 is 2.36 bits per heavy atom. The van der Waals surface area contributed by atoms with Gasteiger partial charge in [0, 0.05) is 4.47 Å². The van der Waals surface area contributed by atoms with Crippen molar-refractivity contribution in [2.75, 3.05) is 12.0 Å². The maximum absolute atomic E-state index is 13.2. The average Bonchev–Trinajstić information content (AvgIpc) is 2.80. The van der Waals surface area contributed by atoms with Gasteiger partial charge in [0.05, 0.1) is 12.8 Å². The second kappa shape index (κ2) is 9.43. The van der Waals surface area contributed by atoms with Crippen molar-refractivity contribution in [2.45, 2.75) is 0 Å². The number of aromatic hydroxyl groups is 1. The highest BCUT2D eigenvalue weighted by molar-refractivity contribution is 9.10. The molecule has 1 aliphatic rings. The number of methoxy groups -OCH3 is 1. The smallest absolute Gasteiger partial charge is 0.270 e. The lowest BCUT2D eigenvalue weighted by molar-refractivity contribution is -0.122. The summed E-state index contributed by atoms with van der Waals surface area (Å²) >= 11 is 8.61. The highest BCUT2D eigenvalue weighted by Gasteiger charge is 2.34. The maximum Gasteiger partial charge on any atom is 0.270 e. The molecule has 0 saturated carbocycles. The minimum absolute atomic E-state index is 0.0319. The van der Waals surface area contributed by atoms with Crippen LogP contribution in [0.25, 0.3) is 6.08 Å². The molecule has 7 nitrogen and oxygen atoms in total. The van der Waals surface area contributed by atoms with Gasteiger partial charge in [0.25, 0.3) is 11.8 Å². The van der Waals surface area contributed by atoms with Gasteiger partial charge in [0.2, 0.25) is 0 Å². The summed E-state index contributed by atoms with van der Waals surface area (Å²) in [6.07, 6.45) is 1.38. The molecule has 4 rings (SSSR count). The van der Waals surface area contributed by atoms with Gasteiger partial charge in [-0.15, -0.1) is 0 Å². The molecule has 2 amide bonds. The van der Waals surface area contributed by atoms with Crippen molar-refractivity contribution in [3.63, 3.8) is 0 Å². The molecule has 0 radical (unpaired) electrons. The zero-order chi connectivity index (χ0) is 23.5. The molecular weight excluding hydrogens is 508 g/mol. The molecule has 0 spiro atoms. The van der Waals surface area contributed by atoms with E-state index < -0.39 is 11.8 Å². The normalized spacial score (nSPS) is 14.9. The van der Waals surface area contributed by atoms with Crippen molar-refractivity contribution >= 4 is 56.8 Å². The van der Waals surface area contributed by atoms with Crippen molar-refractivity contribution in [3.8, 4) is 23.0 Å². The molecule has 2 N–H and O–H groups in total. The van der Waals surface area contributed by atoms with Gasteiger partial charge < -0.3 is 14.6 Å². The summed E-state index contributed by atoms with van der Waals surface area (Å²) in [5.74, 6) is 0.162. The summed E-state index contributed by atoms with van der Waals surface area (Å²) < 4.78 is 11.4. The molecule has 1 heterocycles. The Hall–Kier alpha value is -3.69. The van der Waals surface area contributed by atoms with Crippen LogP contribution in [0.15, 0.2) is 76.8 Å². The van der Waals surface area contributed by atoms with E-state index in [2.05, 4.69) is 21.2 Å². The predicted molar refractivity (Wildman–Crippen MR) is 132 cm³/mol. The van der Waals surface area contributed by atoms with Gasteiger partial charge in [-0.2, -0.15) is 0 Å². The Labute approximate surface area is 203 Å². The number of phenols is 1. The van der Waals surface area contributed by atoms with Crippen LogP contribution in [0.1, 0.15) is 5.56 Å². The third kappa shape index (κ3) is 4.74. The number of nitrogens with zero attached hydrogens (tertiary/aromatic N) is 1. The van der Waals surface area contributed by atoms with E-state index in [0.717, 1.165) is 0 Å². The topological polar surface area (TPSA) is 88.1 Å². The monoisotopic (exact) mass is 524 g/mol. The zero-order valence-electron chi connectivity index (χ0n) is 17.2. The number of ether oxygens (including phenoxy) is 2. The Balaban J connectivity index is 1.63. The first-order chi connectivity index (χ1) is 15.9. The number of carbonyl (C=O) groups is 2. The lowest BCUT2D eigenvalue weighted by Crippen LogP contribution is -2.54. The minimum Gasteiger partial charge on any atom is -0.504 e. The van der Waals surface area contributed by atoms with E-state index in [-0.39, 0.29) is 22.2 Å². The molecule has 3 aromatic carbocycles. The van der Waals surface area contributed by atoms with Crippen LogP contribution in [-0.2, 0) is 9.59 Å². The van der Waals surface area contributed by atoms with Gasteiger partial charge in [-0.3, -0.25) is 19.8 Å². The number of halogens is 1. The van der Waals surface area contributed by atoms with Gasteiger partial charge in [0.15, 0.2) is 16.6 Å². The summed E-state index contributed by atoms with van der Waals surface area (Å²) in [6, 6.07) is 19.0. The number of thiocarbonyl (C=S) groups is 1. The average molecular weight is 525 g/mol. The molecule has 1 fully saturated rings. The minimum atomic E-state index is -0.632. The van der Waals surface area contributed by atoms with E-state index in [4.69, 9.17) is 21.7 Å². The molecule has 0 bridgehead atoms. The van der Waals surface area contributed by atoms with Crippen molar-refractivity contribution in [3.05, 3.63) is 82.3 Å². The number of benzene rings is 3. The fourth-order valence-electron chi connectivity index (χ4n) is 3.17. The lowest BCUT2D eigenvalue weighted by atomic mass is 10.1. The maximum atomic E-state index is 13.2. The number of hydrogen-bond donors (Lipinski definition) is 2. The number of nitrogens with one attached hydrogen (secondary N) is 1. The highest BCUT2D eigenvalue weighted by atomic mass is 79.9. The Bertz CT molecular complexity index is 1280. The van der Waals surface area contributed by atoms with Crippen molar-refractivity contribution in [2.24, 2.45) is 0 Å². The quantitative estimate of drug-likeness (QED) is 0.283. The summed E-state index contributed by atoms with van der Waals surface area (Å²) in [6.45, 7) is 0. The van der Waals surface area contributed by atoms with E-state index in [1.54, 1.807) is 30.3 Å². The van der Waals surface area contributed by atoms with E-state index in [1.807, 2.05) is 30.3 Å². The summed E-state index contributed by atoms with van der Waals surface area (Å²) in [4.78, 5) is 27.0. The number of phenolic OH excluding ortho intramolecular Hbond substituents is 1. The molecule has 33 heavy (non-hydrogen) atoms. The Morgan fingerprint density at radius 2 is 1.70 bits per heavy atom. The molecule has 3 aromatic rings. The SMILES string of the molecule is COc1cc(Br)c(/C=C2\C(=O)NC(=S)N(c3ccc(Oc4ccccc4)cc3)C2=O)cc1O. The van der Waals surface area contributed by atoms with Crippen LogP contribution in [0.5, 0.6) is 23.0 Å². The van der Waals surface area contributed by atoms with Crippen LogP contribution in [0.3, 0.4) is 0 Å². The van der Waals surface area contributed by atoms with Crippen LogP contribution in [0.4, 0.5) is 5.69 Å². The van der Waals surface area contributed by atoms with Gasteiger partial charge in [-0.05, 0) is 72.4 Å². The molecule has 1 aliphatic heterocycles. The van der Waals surface area contributed by atoms with Gasteiger partial charge >= 0.3 is 0 Å². The molecule has 0 aromatic heterocycles. The first-order valence-electron chi connectivity index (χ1n) is 9.68. The van der Waals surface area contributed by atoms with Gasteiger partial charge in [-0.25, -0.2) is 0 Å². The largest absolute Gasteiger partial charge is 0.504 e. The molecule has 0 atom stereocenters. The first kappa shape index (κ1) is 22.5. The third-order valence-corrected chi connectivity index (χ3v) is 5.74. The molecule has 1 saturated heterocycles. The fraction of sp³-hybridized carbons (Fsp3) is 0.0417. The van der Waals surface area contributed by atoms with Crippen molar-refractivity contribution < 1.29 is 24.2 Å². The number of rotatable bonds is 5. The summed E-state index contributed by atoms with van der Waals surface area (Å²) in [5, 5.41) is 12.6. The van der Waals surface area contributed by atoms with E-state index in [0.29, 0.717) is 27.2 Å². The number of hydrogen-bond acceptors (Lipinski definition) is 6. The lowest BCUT2D eigenvalue weighted by Gasteiger charge is -2.29. The van der Waals surface area contributed by atoms with Gasteiger partial charge in [0.1, 0.15) is 17.1 Å². The second-order valence-electron chi connectivity index (χ2n) is 6.91. The van der Waals surface area contributed by atoms with Crippen LogP contribution >= 0.6 is 28.1 Å².